The third-order valence-electron chi connectivity index (χ3n) is 3.85. The van der Waals surface area contributed by atoms with Gasteiger partial charge in [-0.05, 0) is 31.4 Å². The van der Waals surface area contributed by atoms with E-state index in [1.807, 2.05) is 6.07 Å². The molecule has 6 heteroatoms. The molecular formula is C14H23NO3S2. The van der Waals surface area contributed by atoms with Crippen molar-refractivity contribution >= 4 is 21.4 Å². The van der Waals surface area contributed by atoms with Crippen LogP contribution in [0.2, 0.25) is 0 Å². The van der Waals surface area contributed by atoms with Crippen LogP contribution in [0.3, 0.4) is 0 Å². The highest BCUT2D eigenvalue weighted by molar-refractivity contribution is 7.91. The lowest BCUT2D eigenvalue weighted by Crippen LogP contribution is -2.39. The van der Waals surface area contributed by atoms with Crippen LogP contribution < -0.4 is 0 Å². The molecule has 0 aromatic carbocycles. The predicted octanol–water partition coefficient (Wildman–Crippen LogP) is 2.63. The van der Waals surface area contributed by atoms with Crippen molar-refractivity contribution in [3.8, 4) is 0 Å². The van der Waals surface area contributed by atoms with Gasteiger partial charge < -0.3 is 5.11 Å². The average Bonchev–Trinajstić information content (AvgIpc) is 2.76. The number of thiophene rings is 1. The second kappa shape index (κ2) is 7.02. The molecule has 1 saturated heterocycles. The molecule has 0 spiro atoms. The zero-order valence-electron chi connectivity index (χ0n) is 11.9. The molecular weight excluding hydrogens is 294 g/mol. The highest BCUT2D eigenvalue weighted by Crippen LogP contribution is 2.30. The summed E-state index contributed by atoms with van der Waals surface area (Å²) in [7, 11) is -3.37. The predicted molar refractivity (Wildman–Crippen MR) is 81.5 cm³/mol. The fourth-order valence-electron chi connectivity index (χ4n) is 2.73. The highest BCUT2D eigenvalue weighted by atomic mass is 32.2. The van der Waals surface area contributed by atoms with Gasteiger partial charge in [-0.2, -0.15) is 4.31 Å². The molecule has 0 saturated carbocycles. The van der Waals surface area contributed by atoms with Crippen LogP contribution in [-0.4, -0.2) is 37.0 Å². The number of sulfonamides is 1. The van der Waals surface area contributed by atoms with Crippen LogP contribution in [0.1, 0.15) is 43.9 Å². The van der Waals surface area contributed by atoms with Crippen molar-refractivity contribution in [2.24, 2.45) is 0 Å². The number of rotatable bonds is 5. The van der Waals surface area contributed by atoms with Gasteiger partial charge in [-0.25, -0.2) is 8.42 Å². The first-order valence-electron chi connectivity index (χ1n) is 7.31. The van der Waals surface area contributed by atoms with Gasteiger partial charge in [0.05, 0.1) is 0 Å². The van der Waals surface area contributed by atoms with Gasteiger partial charge in [-0.15, -0.1) is 11.3 Å². The van der Waals surface area contributed by atoms with Crippen molar-refractivity contribution in [3.63, 3.8) is 0 Å². The van der Waals surface area contributed by atoms with Crippen molar-refractivity contribution in [1.29, 1.82) is 0 Å². The van der Waals surface area contributed by atoms with E-state index in [4.69, 9.17) is 5.11 Å². The Morgan fingerprint density at radius 3 is 2.85 bits per heavy atom. The zero-order chi connectivity index (χ0) is 14.6. The lowest BCUT2D eigenvalue weighted by molar-refractivity contribution is 0.300. The molecule has 114 valence electrons. The van der Waals surface area contributed by atoms with Crippen molar-refractivity contribution < 1.29 is 13.5 Å². The molecule has 0 radical (unpaired) electrons. The SMILES string of the molecule is CCC1CCCCCN1S(=O)(=O)c1ccc(CCO)s1. The first-order chi connectivity index (χ1) is 9.59. The Bertz CT molecular complexity index is 524. The van der Waals surface area contributed by atoms with Gasteiger partial charge in [0.2, 0.25) is 0 Å². The van der Waals surface area contributed by atoms with Crippen LogP contribution in [0.25, 0.3) is 0 Å². The number of hydrogen-bond acceptors (Lipinski definition) is 4. The Hall–Kier alpha value is -0.430. The second-order valence-electron chi connectivity index (χ2n) is 5.22. The van der Waals surface area contributed by atoms with Crippen molar-refractivity contribution in [2.45, 2.75) is 55.7 Å². The molecule has 1 aromatic heterocycles. The van der Waals surface area contributed by atoms with Crippen LogP contribution in [0.5, 0.6) is 0 Å². The first-order valence-corrected chi connectivity index (χ1v) is 9.56. The molecule has 1 aromatic rings. The molecule has 1 fully saturated rings. The minimum absolute atomic E-state index is 0.0568. The minimum Gasteiger partial charge on any atom is -0.396 e. The van der Waals surface area contributed by atoms with Gasteiger partial charge in [-0.1, -0.05) is 19.8 Å². The monoisotopic (exact) mass is 317 g/mol. The van der Waals surface area contributed by atoms with Crippen LogP contribution >= 0.6 is 11.3 Å². The Balaban J connectivity index is 2.26. The molecule has 4 nitrogen and oxygen atoms in total. The topological polar surface area (TPSA) is 57.6 Å². The Labute approximate surface area is 125 Å². The number of nitrogens with zero attached hydrogens (tertiary/aromatic N) is 1. The zero-order valence-corrected chi connectivity index (χ0v) is 13.5. The summed E-state index contributed by atoms with van der Waals surface area (Å²) < 4.78 is 27.7. The first kappa shape index (κ1) is 15.9. The van der Waals surface area contributed by atoms with Gasteiger partial charge in [-0.3, -0.25) is 0 Å². The van der Waals surface area contributed by atoms with E-state index in [1.165, 1.54) is 11.3 Å². The molecule has 0 amide bonds. The molecule has 2 rings (SSSR count). The van der Waals surface area contributed by atoms with Gasteiger partial charge in [0.25, 0.3) is 10.0 Å². The molecule has 1 atom stereocenters. The highest BCUT2D eigenvalue weighted by Gasteiger charge is 2.32. The fraction of sp³-hybridized carbons (Fsp3) is 0.714. The Morgan fingerprint density at radius 1 is 1.35 bits per heavy atom. The number of aliphatic hydroxyl groups is 1. The van der Waals surface area contributed by atoms with Crippen LogP contribution in [0.4, 0.5) is 0 Å². The van der Waals surface area contributed by atoms with E-state index in [-0.39, 0.29) is 12.6 Å². The molecule has 1 aliphatic rings. The van der Waals surface area contributed by atoms with Gasteiger partial charge in [0.15, 0.2) is 0 Å². The average molecular weight is 317 g/mol. The quantitative estimate of drug-likeness (QED) is 0.908. The smallest absolute Gasteiger partial charge is 0.252 e. The molecule has 1 unspecified atom stereocenters. The molecule has 20 heavy (non-hydrogen) atoms. The van der Waals surface area contributed by atoms with Crippen LogP contribution in [0.15, 0.2) is 16.3 Å². The minimum atomic E-state index is -3.37. The largest absolute Gasteiger partial charge is 0.396 e. The molecule has 0 bridgehead atoms. The summed E-state index contributed by atoms with van der Waals surface area (Å²) >= 11 is 1.29. The van der Waals surface area contributed by atoms with Crippen LogP contribution in [0, 0.1) is 0 Å². The molecule has 2 heterocycles. The lowest BCUT2D eigenvalue weighted by atomic mass is 10.1. The normalized spacial score (nSPS) is 21.8. The third kappa shape index (κ3) is 3.42. The van der Waals surface area contributed by atoms with E-state index in [1.54, 1.807) is 10.4 Å². The summed E-state index contributed by atoms with van der Waals surface area (Å²) in [5.41, 5.74) is 0. The van der Waals surface area contributed by atoms with Crippen LogP contribution in [-0.2, 0) is 16.4 Å². The Morgan fingerprint density at radius 2 is 2.15 bits per heavy atom. The van der Waals surface area contributed by atoms with Crippen molar-refractivity contribution in [2.75, 3.05) is 13.2 Å². The standard InChI is InChI=1S/C14H23NO3S2/c1-2-12-6-4-3-5-10-15(12)20(17,18)14-8-7-13(19-14)9-11-16/h7-8,12,16H,2-6,9-11H2,1H3. The van der Waals surface area contributed by atoms with Gasteiger partial charge in [0.1, 0.15) is 4.21 Å². The third-order valence-corrected chi connectivity index (χ3v) is 7.42. The lowest BCUT2D eigenvalue weighted by Gasteiger charge is -2.27. The second-order valence-corrected chi connectivity index (χ2v) is 8.51. The van der Waals surface area contributed by atoms with Gasteiger partial charge >= 0.3 is 0 Å². The van der Waals surface area contributed by atoms with Crippen molar-refractivity contribution in [1.82, 2.24) is 4.31 Å². The maximum Gasteiger partial charge on any atom is 0.252 e. The summed E-state index contributed by atoms with van der Waals surface area (Å²) in [5.74, 6) is 0. The van der Waals surface area contributed by atoms with Crippen molar-refractivity contribution in [3.05, 3.63) is 17.0 Å². The molecule has 1 N–H and O–H groups in total. The van der Waals surface area contributed by atoms with E-state index in [9.17, 15) is 8.42 Å². The summed E-state index contributed by atoms with van der Waals surface area (Å²) in [5, 5.41) is 8.94. The summed E-state index contributed by atoms with van der Waals surface area (Å²) in [4.78, 5) is 0.925. The van der Waals surface area contributed by atoms with E-state index in [2.05, 4.69) is 6.92 Å². The summed E-state index contributed by atoms with van der Waals surface area (Å²) in [6.45, 7) is 2.75. The Kier molecular flexibility index (Phi) is 5.60. The summed E-state index contributed by atoms with van der Waals surface area (Å²) in [6.07, 6.45) is 5.54. The molecule has 1 aliphatic heterocycles. The maximum absolute atomic E-state index is 12.8. The maximum atomic E-state index is 12.8. The number of hydrogen-bond donors (Lipinski definition) is 1. The van der Waals surface area contributed by atoms with Gasteiger partial charge in [0, 0.05) is 30.5 Å². The van der Waals surface area contributed by atoms with E-state index in [0.29, 0.717) is 17.2 Å². The van der Waals surface area contributed by atoms with E-state index >= 15 is 0 Å². The fourth-order valence-corrected chi connectivity index (χ4v) is 5.97. The van der Waals surface area contributed by atoms with E-state index in [0.717, 1.165) is 37.0 Å². The summed E-state index contributed by atoms with van der Waals surface area (Å²) in [6, 6.07) is 3.63. The van der Waals surface area contributed by atoms with E-state index < -0.39 is 10.0 Å². The number of aliphatic hydroxyl groups excluding tert-OH is 1. The molecule has 0 aliphatic carbocycles.